The summed E-state index contributed by atoms with van der Waals surface area (Å²) in [5, 5.41) is 0. The Bertz CT molecular complexity index is 591. The van der Waals surface area contributed by atoms with E-state index in [4.69, 9.17) is 9.47 Å². The van der Waals surface area contributed by atoms with Gasteiger partial charge in [-0.25, -0.2) is 0 Å². The van der Waals surface area contributed by atoms with Crippen molar-refractivity contribution in [3.63, 3.8) is 0 Å². The van der Waals surface area contributed by atoms with Gasteiger partial charge in [0.15, 0.2) is 0 Å². The summed E-state index contributed by atoms with van der Waals surface area (Å²) in [6.45, 7) is 3.07. The Labute approximate surface area is 119 Å². The average Bonchev–Trinajstić information content (AvgIpc) is 2.49. The third kappa shape index (κ3) is 3.25. The van der Waals surface area contributed by atoms with E-state index in [2.05, 4.69) is 0 Å². The molecule has 0 aromatic heterocycles. The number of ether oxygens (including phenoxy) is 2. The van der Waals surface area contributed by atoms with E-state index in [1.54, 1.807) is 7.11 Å². The van der Waals surface area contributed by atoms with Crippen LogP contribution in [0.4, 0.5) is 0 Å². The Morgan fingerprint density at radius 3 is 2.60 bits per heavy atom. The smallest absolute Gasteiger partial charge is 0.150 e. The zero-order valence-electron chi connectivity index (χ0n) is 11.8. The summed E-state index contributed by atoms with van der Waals surface area (Å²) in [6, 6.07) is 13.5. The third-order valence-corrected chi connectivity index (χ3v) is 3.12. The van der Waals surface area contributed by atoms with Gasteiger partial charge < -0.3 is 9.47 Å². The van der Waals surface area contributed by atoms with E-state index in [-0.39, 0.29) is 0 Å². The first-order valence-electron chi connectivity index (χ1n) is 6.53. The SMILES string of the molecule is COCCOc1ccccc1-c1cc(C=O)ccc1C. The largest absolute Gasteiger partial charge is 0.491 e. The van der Waals surface area contributed by atoms with Crippen LogP contribution in [0.25, 0.3) is 11.1 Å². The molecule has 0 aliphatic rings. The van der Waals surface area contributed by atoms with Gasteiger partial charge in [-0.2, -0.15) is 0 Å². The molecule has 3 nitrogen and oxygen atoms in total. The third-order valence-electron chi connectivity index (χ3n) is 3.12. The first kappa shape index (κ1) is 14.3. The van der Waals surface area contributed by atoms with E-state index < -0.39 is 0 Å². The number of para-hydroxylation sites is 1. The van der Waals surface area contributed by atoms with Gasteiger partial charge in [0.25, 0.3) is 0 Å². The second kappa shape index (κ2) is 6.87. The van der Waals surface area contributed by atoms with Gasteiger partial charge in [0.05, 0.1) is 6.61 Å². The summed E-state index contributed by atoms with van der Waals surface area (Å²) in [7, 11) is 1.65. The van der Waals surface area contributed by atoms with Crippen molar-refractivity contribution < 1.29 is 14.3 Å². The maximum absolute atomic E-state index is 10.9. The number of aryl methyl sites for hydroxylation is 1. The number of carbonyl (C=O) groups excluding carboxylic acids is 1. The van der Waals surface area contributed by atoms with Crippen LogP contribution in [0.2, 0.25) is 0 Å². The lowest BCUT2D eigenvalue weighted by molar-refractivity contribution is 0.112. The molecule has 0 heterocycles. The Morgan fingerprint density at radius 2 is 1.85 bits per heavy atom. The van der Waals surface area contributed by atoms with Gasteiger partial charge in [0, 0.05) is 18.2 Å². The maximum atomic E-state index is 10.9. The van der Waals surface area contributed by atoms with Crippen molar-refractivity contribution in [2.45, 2.75) is 6.92 Å². The van der Waals surface area contributed by atoms with Crippen LogP contribution in [0.5, 0.6) is 5.75 Å². The number of benzene rings is 2. The predicted molar refractivity (Wildman–Crippen MR) is 79.4 cm³/mol. The molecule has 0 bridgehead atoms. The molecule has 0 fully saturated rings. The molecule has 104 valence electrons. The molecule has 20 heavy (non-hydrogen) atoms. The lowest BCUT2D eigenvalue weighted by Gasteiger charge is -2.13. The lowest BCUT2D eigenvalue weighted by Crippen LogP contribution is -2.05. The van der Waals surface area contributed by atoms with Gasteiger partial charge in [0.2, 0.25) is 0 Å². The molecule has 0 aliphatic carbocycles. The van der Waals surface area contributed by atoms with Gasteiger partial charge in [-0.1, -0.05) is 30.3 Å². The van der Waals surface area contributed by atoms with Crippen LogP contribution in [0.15, 0.2) is 42.5 Å². The second-order valence-electron chi connectivity index (χ2n) is 4.53. The highest BCUT2D eigenvalue weighted by Crippen LogP contribution is 2.32. The normalized spacial score (nSPS) is 10.3. The highest BCUT2D eigenvalue weighted by Gasteiger charge is 2.09. The number of methoxy groups -OCH3 is 1. The van der Waals surface area contributed by atoms with Crippen molar-refractivity contribution >= 4 is 6.29 Å². The minimum atomic E-state index is 0.500. The van der Waals surface area contributed by atoms with Crippen molar-refractivity contribution in [3.05, 3.63) is 53.6 Å². The highest BCUT2D eigenvalue weighted by atomic mass is 16.5. The van der Waals surface area contributed by atoms with Crippen LogP contribution >= 0.6 is 0 Å². The van der Waals surface area contributed by atoms with Crippen molar-refractivity contribution in [1.82, 2.24) is 0 Å². The molecule has 0 atom stereocenters. The molecular formula is C17H18O3. The molecule has 2 aromatic rings. The molecule has 0 saturated heterocycles. The molecule has 0 aliphatic heterocycles. The average molecular weight is 270 g/mol. The van der Waals surface area contributed by atoms with Gasteiger partial charge in [-0.15, -0.1) is 0 Å². The van der Waals surface area contributed by atoms with E-state index >= 15 is 0 Å². The summed E-state index contributed by atoms with van der Waals surface area (Å²) in [4.78, 5) is 10.9. The van der Waals surface area contributed by atoms with Crippen LogP contribution in [0.1, 0.15) is 15.9 Å². The molecular weight excluding hydrogens is 252 g/mol. The molecule has 0 amide bonds. The maximum Gasteiger partial charge on any atom is 0.150 e. The van der Waals surface area contributed by atoms with Crippen molar-refractivity contribution in [3.8, 4) is 16.9 Å². The Morgan fingerprint density at radius 1 is 1.05 bits per heavy atom. The van der Waals surface area contributed by atoms with Crippen molar-refractivity contribution in [2.24, 2.45) is 0 Å². The van der Waals surface area contributed by atoms with Gasteiger partial charge in [-0.05, 0) is 30.2 Å². The van der Waals surface area contributed by atoms with Crippen molar-refractivity contribution in [2.75, 3.05) is 20.3 Å². The van der Waals surface area contributed by atoms with Crippen LogP contribution in [-0.2, 0) is 4.74 Å². The second-order valence-corrected chi connectivity index (χ2v) is 4.53. The minimum Gasteiger partial charge on any atom is -0.491 e. The molecule has 0 N–H and O–H groups in total. The number of carbonyl (C=O) groups is 1. The standard InChI is InChI=1S/C17H18O3/c1-13-7-8-14(12-18)11-16(13)15-5-3-4-6-17(15)20-10-9-19-2/h3-8,11-12H,9-10H2,1-2H3. The van der Waals surface area contributed by atoms with Crippen LogP contribution in [-0.4, -0.2) is 26.6 Å². The summed E-state index contributed by atoms with van der Waals surface area (Å²) in [5.74, 6) is 0.802. The summed E-state index contributed by atoms with van der Waals surface area (Å²) in [5.41, 5.74) is 3.78. The quantitative estimate of drug-likeness (QED) is 0.595. The number of aldehydes is 1. The van der Waals surface area contributed by atoms with Gasteiger partial charge in [-0.3, -0.25) is 4.79 Å². The molecule has 0 saturated carbocycles. The fourth-order valence-electron chi connectivity index (χ4n) is 2.05. The Balaban J connectivity index is 2.39. The monoisotopic (exact) mass is 270 g/mol. The zero-order chi connectivity index (χ0) is 14.4. The first-order valence-corrected chi connectivity index (χ1v) is 6.53. The Kier molecular flexibility index (Phi) is 4.91. The zero-order valence-corrected chi connectivity index (χ0v) is 11.8. The number of hydrogen-bond acceptors (Lipinski definition) is 3. The topological polar surface area (TPSA) is 35.5 Å². The summed E-state index contributed by atoms with van der Waals surface area (Å²) < 4.78 is 10.7. The predicted octanol–water partition coefficient (Wildman–Crippen LogP) is 3.50. The van der Waals surface area contributed by atoms with E-state index in [0.717, 1.165) is 28.7 Å². The molecule has 2 rings (SSSR count). The molecule has 3 heteroatoms. The van der Waals surface area contributed by atoms with Crippen molar-refractivity contribution in [1.29, 1.82) is 0 Å². The summed E-state index contributed by atoms with van der Waals surface area (Å²) >= 11 is 0. The fourth-order valence-corrected chi connectivity index (χ4v) is 2.05. The van der Waals surface area contributed by atoms with E-state index in [1.165, 1.54) is 0 Å². The number of rotatable bonds is 6. The minimum absolute atomic E-state index is 0.500. The number of hydrogen-bond donors (Lipinski definition) is 0. The lowest BCUT2D eigenvalue weighted by atomic mass is 9.97. The summed E-state index contributed by atoms with van der Waals surface area (Å²) in [6.07, 6.45) is 0.858. The van der Waals surface area contributed by atoms with Crippen LogP contribution in [0, 0.1) is 6.92 Å². The molecule has 0 spiro atoms. The Hall–Kier alpha value is -2.13. The molecule has 2 aromatic carbocycles. The van der Waals surface area contributed by atoms with E-state index in [1.807, 2.05) is 49.4 Å². The molecule has 0 radical (unpaired) electrons. The van der Waals surface area contributed by atoms with Crippen LogP contribution < -0.4 is 4.74 Å². The molecule has 0 unspecified atom stereocenters. The van der Waals surface area contributed by atoms with Gasteiger partial charge in [0.1, 0.15) is 18.6 Å². The van der Waals surface area contributed by atoms with Crippen LogP contribution in [0.3, 0.4) is 0 Å². The van der Waals surface area contributed by atoms with E-state index in [9.17, 15) is 4.79 Å². The van der Waals surface area contributed by atoms with Gasteiger partial charge >= 0.3 is 0 Å². The first-order chi connectivity index (χ1) is 9.76. The van der Waals surface area contributed by atoms with E-state index in [0.29, 0.717) is 18.8 Å². The highest BCUT2D eigenvalue weighted by molar-refractivity contribution is 5.81. The fraction of sp³-hybridized carbons (Fsp3) is 0.235.